The predicted molar refractivity (Wildman–Crippen MR) is 132 cm³/mol. The molecule has 1 aromatic heterocycles. The van der Waals surface area contributed by atoms with Crippen molar-refractivity contribution in [3.63, 3.8) is 0 Å². The number of benzene rings is 1. The number of anilines is 1. The molecular formula is C25H32N6O3. The molecule has 2 amide bonds. The molecule has 3 heterocycles. The summed E-state index contributed by atoms with van der Waals surface area (Å²) in [5.74, 6) is 0.175. The predicted octanol–water partition coefficient (Wildman–Crippen LogP) is 2.37. The van der Waals surface area contributed by atoms with Crippen LogP contribution in [0, 0.1) is 6.92 Å². The Hall–Kier alpha value is -3.43. The van der Waals surface area contributed by atoms with Gasteiger partial charge in [0, 0.05) is 38.4 Å². The largest absolute Gasteiger partial charge is 0.363 e. The second-order valence-corrected chi connectivity index (χ2v) is 8.55. The lowest BCUT2D eigenvalue weighted by molar-refractivity contribution is -0.126. The van der Waals surface area contributed by atoms with Gasteiger partial charge in [-0.2, -0.15) is 0 Å². The van der Waals surface area contributed by atoms with Gasteiger partial charge in [0.05, 0.1) is 17.1 Å². The quantitative estimate of drug-likeness (QED) is 0.566. The molecule has 0 bridgehead atoms. The van der Waals surface area contributed by atoms with E-state index >= 15 is 0 Å². The van der Waals surface area contributed by atoms with E-state index in [9.17, 15) is 9.59 Å². The summed E-state index contributed by atoms with van der Waals surface area (Å²) in [6, 6.07) is 5.92. The summed E-state index contributed by atoms with van der Waals surface area (Å²) in [6.45, 7) is 3.60. The third kappa shape index (κ3) is 5.05. The van der Waals surface area contributed by atoms with Gasteiger partial charge in [-0.05, 0) is 56.2 Å². The minimum absolute atomic E-state index is 0.0246. The molecular weight excluding hydrogens is 432 g/mol. The fraction of sp³-hybridized carbons (Fsp3) is 0.400. The topological polar surface area (TPSA) is 115 Å². The number of nitrogens with two attached hydrogens (primary N) is 1. The van der Waals surface area contributed by atoms with Crippen LogP contribution in [0.5, 0.6) is 0 Å². The molecule has 1 unspecified atom stereocenters. The second-order valence-electron chi connectivity index (χ2n) is 8.55. The highest BCUT2D eigenvalue weighted by molar-refractivity contribution is 6.05. The van der Waals surface area contributed by atoms with Gasteiger partial charge in [0.25, 0.3) is 5.91 Å². The van der Waals surface area contributed by atoms with Crippen LogP contribution >= 0.6 is 0 Å². The van der Waals surface area contributed by atoms with Gasteiger partial charge in [-0.25, -0.2) is 4.98 Å². The lowest BCUT2D eigenvalue weighted by Gasteiger charge is -2.26. The SMILES string of the molecule is COC1C=C(C(=O)Nc2nc3cccc(C)c3n2[C@@H]2CCCCN(C(=O)/C=C/CN)C2)C=CN1. The van der Waals surface area contributed by atoms with E-state index in [1.807, 2.05) is 30.0 Å². The standard InChI is InChI=1S/C25H32N6O3/c1-17-7-5-9-20-23(17)31(19-8-3-4-14-30(16-19)22(32)10-6-12-26)25(28-20)29-24(33)18-11-13-27-21(15-18)34-2/h5-7,9-11,13,15,19,21,27H,3-4,8,12,14,16,26H2,1-2H3,(H,28,29,33)/b10-6+/t19-,21?/m1/s1. The molecule has 2 atom stereocenters. The Labute approximate surface area is 199 Å². The molecule has 1 saturated heterocycles. The molecule has 180 valence electrons. The first kappa shape index (κ1) is 23.7. The van der Waals surface area contributed by atoms with Crippen LogP contribution < -0.4 is 16.4 Å². The molecule has 4 N–H and O–H groups in total. The Kier molecular flexibility index (Phi) is 7.44. The van der Waals surface area contributed by atoms with Crippen LogP contribution in [0.3, 0.4) is 0 Å². The average molecular weight is 465 g/mol. The molecule has 34 heavy (non-hydrogen) atoms. The number of hydrogen-bond acceptors (Lipinski definition) is 6. The first-order valence-corrected chi connectivity index (χ1v) is 11.6. The van der Waals surface area contributed by atoms with Crippen LogP contribution in [0.15, 0.2) is 54.3 Å². The highest BCUT2D eigenvalue weighted by Gasteiger charge is 2.27. The van der Waals surface area contributed by atoms with Crippen LogP contribution in [-0.2, 0) is 14.3 Å². The number of para-hydroxylation sites is 1. The third-order valence-corrected chi connectivity index (χ3v) is 6.23. The van der Waals surface area contributed by atoms with E-state index in [1.54, 1.807) is 37.6 Å². The van der Waals surface area contributed by atoms with Gasteiger partial charge in [0.15, 0.2) is 0 Å². The molecule has 2 aromatic rings. The number of rotatable bonds is 6. The Morgan fingerprint density at radius 1 is 1.35 bits per heavy atom. The number of likely N-dealkylation sites (tertiary alicyclic amines) is 1. The number of aromatic nitrogens is 2. The van der Waals surface area contributed by atoms with Gasteiger partial charge in [-0.15, -0.1) is 0 Å². The number of carbonyl (C=O) groups is 2. The van der Waals surface area contributed by atoms with Crippen molar-refractivity contribution in [2.75, 3.05) is 32.1 Å². The van der Waals surface area contributed by atoms with Gasteiger partial charge >= 0.3 is 0 Å². The number of carbonyl (C=O) groups excluding carboxylic acids is 2. The maximum atomic E-state index is 13.1. The number of nitrogens with zero attached hydrogens (tertiary/aromatic N) is 3. The lowest BCUT2D eigenvalue weighted by atomic mass is 10.1. The van der Waals surface area contributed by atoms with E-state index in [2.05, 4.69) is 15.2 Å². The third-order valence-electron chi connectivity index (χ3n) is 6.23. The van der Waals surface area contributed by atoms with Crippen molar-refractivity contribution in [1.29, 1.82) is 0 Å². The smallest absolute Gasteiger partial charge is 0.257 e. The summed E-state index contributed by atoms with van der Waals surface area (Å²) in [7, 11) is 1.58. The van der Waals surface area contributed by atoms with Crippen molar-refractivity contribution in [3.8, 4) is 0 Å². The molecule has 0 radical (unpaired) electrons. The van der Waals surface area contributed by atoms with Gasteiger partial charge in [0.2, 0.25) is 11.9 Å². The second kappa shape index (κ2) is 10.7. The number of imidazole rings is 1. The van der Waals surface area contributed by atoms with Gasteiger partial charge in [-0.3, -0.25) is 14.9 Å². The minimum Gasteiger partial charge on any atom is -0.363 e. The zero-order chi connectivity index (χ0) is 24.1. The lowest BCUT2D eigenvalue weighted by Crippen LogP contribution is -2.35. The number of hydrogen-bond donors (Lipinski definition) is 3. The number of nitrogens with one attached hydrogen (secondary N) is 2. The molecule has 2 aliphatic heterocycles. The first-order chi connectivity index (χ1) is 16.5. The van der Waals surface area contributed by atoms with E-state index < -0.39 is 0 Å². The summed E-state index contributed by atoms with van der Waals surface area (Å²) in [4.78, 5) is 32.5. The van der Waals surface area contributed by atoms with Gasteiger partial charge < -0.3 is 25.3 Å². The number of amides is 2. The van der Waals surface area contributed by atoms with Crippen LogP contribution in [0.2, 0.25) is 0 Å². The molecule has 1 aromatic carbocycles. The summed E-state index contributed by atoms with van der Waals surface area (Å²) in [5.41, 5.74) is 8.87. The molecule has 4 rings (SSSR count). The molecule has 0 spiro atoms. The van der Waals surface area contributed by atoms with E-state index in [0.29, 0.717) is 31.2 Å². The number of fused-ring (bicyclic) bond motifs is 1. The molecule has 0 saturated carbocycles. The van der Waals surface area contributed by atoms with E-state index in [-0.39, 0.29) is 24.1 Å². The fourth-order valence-corrected chi connectivity index (χ4v) is 4.53. The normalized spacial score (nSPS) is 20.8. The maximum Gasteiger partial charge on any atom is 0.257 e. The zero-order valence-corrected chi connectivity index (χ0v) is 19.7. The minimum atomic E-state index is -0.366. The number of methoxy groups -OCH3 is 1. The summed E-state index contributed by atoms with van der Waals surface area (Å²) < 4.78 is 7.39. The Morgan fingerprint density at radius 3 is 3.00 bits per heavy atom. The van der Waals surface area contributed by atoms with Crippen molar-refractivity contribution >= 4 is 28.8 Å². The van der Waals surface area contributed by atoms with Crippen LogP contribution in [-0.4, -0.2) is 59.2 Å². The van der Waals surface area contributed by atoms with E-state index in [4.69, 9.17) is 15.5 Å². The molecule has 9 nitrogen and oxygen atoms in total. The van der Waals surface area contributed by atoms with Crippen LogP contribution in [0.25, 0.3) is 11.0 Å². The van der Waals surface area contributed by atoms with Crippen molar-refractivity contribution in [2.45, 2.75) is 38.5 Å². The zero-order valence-electron chi connectivity index (χ0n) is 19.7. The Balaban J connectivity index is 1.70. The van der Waals surface area contributed by atoms with Gasteiger partial charge in [0.1, 0.15) is 6.23 Å². The van der Waals surface area contributed by atoms with Crippen LogP contribution in [0.1, 0.15) is 30.9 Å². The van der Waals surface area contributed by atoms with Crippen LogP contribution in [0.4, 0.5) is 5.95 Å². The van der Waals surface area contributed by atoms with Gasteiger partial charge in [-0.1, -0.05) is 18.2 Å². The number of ether oxygens (including phenoxy) is 1. The highest BCUT2D eigenvalue weighted by Crippen LogP contribution is 2.32. The average Bonchev–Trinajstić information content (AvgIpc) is 3.04. The fourth-order valence-electron chi connectivity index (χ4n) is 4.53. The summed E-state index contributed by atoms with van der Waals surface area (Å²) >= 11 is 0. The Morgan fingerprint density at radius 2 is 2.21 bits per heavy atom. The van der Waals surface area contributed by atoms with Crippen molar-refractivity contribution in [2.24, 2.45) is 5.73 Å². The first-order valence-electron chi connectivity index (χ1n) is 11.6. The van der Waals surface area contributed by atoms with Crippen molar-refractivity contribution in [3.05, 3.63) is 59.8 Å². The highest BCUT2D eigenvalue weighted by atomic mass is 16.5. The molecule has 2 aliphatic rings. The summed E-state index contributed by atoms with van der Waals surface area (Å²) in [6.07, 6.45) is 10.8. The molecule has 0 aliphatic carbocycles. The van der Waals surface area contributed by atoms with Crippen molar-refractivity contribution in [1.82, 2.24) is 19.8 Å². The van der Waals surface area contributed by atoms with E-state index in [1.165, 1.54) is 0 Å². The van der Waals surface area contributed by atoms with Crippen molar-refractivity contribution < 1.29 is 14.3 Å². The number of dihydropyridines is 1. The summed E-state index contributed by atoms with van der Waals surface area (Å²) in [5, 5.41) is 6.03. The van der Waals surface area contributed by atoms with E-state index in [0.717, 1.165) is 35.9 Å². The molecule has 1 fully saturated rings. The Bertz CT molecular complexity index is 1150. The monoisotopic (exact) mass is 464 g/mol. The number of aryl methyl sites for hydroxylation is 1. The maximum absolute atomic E-state index is 13.1. The molecule has 9 heteroatoms.